The number of hydrogen-bond acceptors (Lipinski definition) is 5. The molecule has 25 heavy (non-hydrogen) atoms. The molecule has 6 heteroatoms. The number of carbonyl (C=O) groups is 1. The van der Waals surface area contributed by atoms with Crippen LogP contribution in [0.5, 0.6) is 5.75 Å². The molecule has 2 saturated heterocycles. The summed E-state index contributed by atoms with van der Waals surface area (Å²) in [6.07, 6.45) is 0.512. The first-order chi connectivity index (χ1) is 11.9. The van der Waals surface area contributed by atoms with Gasteiger partial charge in [-0.1, -0.05) is 6.07 Å². The molecule has 0 radical (unpaired) electrons. The summed E-state index contributed by atoms with van der Waals surface area (Å²) in [5, 5.41) is 20.9. The van der Waals surface area contributed by atoms with Crippen LogP contribution >= 0.6 is 0 Å². The van der Waals surface area contributed by atoms with Gasteiger partial charge in [0, 0.05) is 25.1 Å². The summed E-state index contributed by atoms with van der Waals surface area (Å²) in [4.78, 5) is 14.5. The first kappa shape index (κ1) is 18.2. The molecule has 1 spiro atoms. The first-order valence-electron chi connectivity index (χ1n) is 8.94. The number of carbonyl (C=O) groups excluding carboxylic acids is 1. The molecular weight excluding hydrogens is 322 g/mol. The van der Waals surface area contributed by atoms with Crippen LogP contribution in [0.1, 0.15) is 43.5 Å². The number of ether oxygens (including phenoxy) is 2. The molecular formula is C19H27NO5. The summed E-state index contributed by atoms with van der Waals surface area (Å²) >= 11 is 0. The monoisotopic (exact) mass is 349 g/mol. The minimum atomic E-state index is -1.14. The Hall–Kier alpha value is -1.63. The lowest BCUT2D eigenvalue weighted by Crippen LogP contribution is -2.64. The number of amides is 1. The molecule has 6 nitrogen and oxygen atoms in total. The standard InChI is InChI=1S/C19H27NO5/c1-3-24-15-6-4-5-14(13-15)16(21)20-10-7-19(8-11-20)17(22)18(2,23)9-12-25-19/h4-6,13,17,22-23H,3,7-12H2,1-2H3/t17-,18+/m0/s1. The Morgan fingerprint density at radius 3 is 2.76 bits per heavy atom. The number of rotatable bonds is 3. The van der Waals surface area contributed by atoms with Gasteiger partial charge in [-0.2, -0.15) is 0 Å². The van der Waals surface area contributed by atoms with E-state index in [-0.39, 0.29) is 5.91 Å². The van der Waals surface area contributed by atoms with Gasteiger partial charge < -0.3 is 24.6 Å². The van der Waals surface area contributed by atoms with E-state index in [9.17, 15) is 15.0 Å². The van der Waals surface area contributed by atoms with Gasteiger partial charge in [-0.05, 0) is 44.9 Å². The topological polar surface area (TPSA) is 79.2 Å². The van der Waals surface area contributed by atoms with Gasteiger partial charge in [0.05, 0.1) is 18.8 Å². The number of aliphatic hydroxyl groups excluding tert-OH is 1. The van der Waals surface area contributed by atoms with Crippen molar-refractivity contribution in [2.24, 2.45) is 0 Å². The van der Waals surface area contributed by atoms with Crippen LogP contribution in [-0.2, 0) is 4.74 Å². The summed E-state index contributed by atoms with van der Waals surface area (Å²) in [5.41, 5.74) is -1.30. The van der Waals surface area contributed by atoms with Crippen molar-refractivity contribution in [1.82, 2.24) is 4.90 Å². The second-order valence-electron chi connectivity index (χ2n) is 7.18. The van der Waals surface area contributed by atoms with E-state index in [1.165, 1.54) is 0 Å². The Balaban J connectivity index is 1.68. The van der Waals surface area contributed by atoms with E-state index in [1.807, 2.05) is 19.1 Å². The molecule has 1 amide bonds. The molecule has 0 saturated carbocycles. The lowest BCUT2D eigenvalue weighted by molar-refractivity contribution is -0.244. The SMILES string of the molecule is CCOc1cccc(C(=O)N2CCC3(CC2)OCC[C@@](C)(O)[C@@H]3O)c1. The van der Waals surface area contributed by atoms with Gasteiger partial charge in [0.15, 0.2) is 0 Å². The Morgan fingerprint density at radius 1 is 1.36 bits per heavy atom. The molecule has 2 N–H and O–H groups in total. The van der Waals surface area contributed by atoms with Crippen LogP contribution in [-0.4, -0.2) is 64.6 Å². The third kappa shape index (κ3) is 3.52. The normalized spacial score (nSPS) is 28.8. The molecule has 2 aliphatic rings. The molecule has 0 unspecified atom stereocenters. The zero-order valence-corrected chi connectivity index (χ0v) is 14.9. The second kappa shape index (κ2) is 6.94. The third-order valence-electron chi connectivity index (χ3n) is 5.37. The smallest absolute Gasteiger partial charge is 0.253 e. The maximum Gasteiger partial charge on any atom is 0.253 e. The van der Waals surface area contributed by atoms with E-state index >= 15 is 0 Å². The van der Waals surface area contributed by atoms with E-state index < -0.39 is 17.3 Å². The summed E-state index contributed by atoms with van der Waals surface area (Å²) in [6.45, 7) is 5.52. The number of likely N-dealkylation sites (tertiary alicyclic amines) is 1. The van der Waals surface area contributed by atoms with Crippen molar-refractivity contribution < 1.29 is 24.5 Å². The minimum Gasteiger partial charge on any atom is -0.494 e. The van der Waals surface area contributed by atoms with Crippen LogP contribution in [0.4, 0.5) is 0 Å². The maximum atomic E-state index is 12.8. The highest BCUT2D eigenvalue weighted by molar-refractivity contribution is 5.94. The summed E-state index contributed by atoms with van der Waals surface area (Å²) < 4.78 is 11.3. The van der Waals surface area contributed by atoms with E-state index in [0.717, 1.165) is 0 Å². The lowest BCUT2D eigenvalue weighted by Gasteiger charge is -2.51. The average molecular weight is 349 g/mol. The Bertz CT molecular complexity index is 622. The summed E-state index contributed by atoms with van der Waals surface area (Å²) in [6, 6.07) is 7.19. The predicted octanol–water partition coefficient (Wildman–Crippen LogP) is 1.59. The highest BCUT2D eigenvalue weighted by Crippen LogP contribution is 2.40. The fourth-order valence-corrected chi connectivity index (χ4v) is 3.82. The van der Waals surface area contributed by atoms with Crippen molar-refractivity contribution in [3.63, 3.8) is 0 Å². The van der Waals surface area contributed by atoms with Crippen LogP contribution < -0.4 is 4.74 Å². The molecule has 0 aromatic heterocycles. The van der Waals surface area contributed by atoms with Gasteiger partial charge in [0.1, 0.15) is 17.5 Å². The molecule has 3 rings (SSSR count). The molecule has 1 aromatic rings. The van der Waals surface area contributed by atoms with Crippen molar-refractivity contribution in [3.05, 3.63) is 29.8 Å². The lowest BCUT2D eigenvalue weighted by atomic mass is 9.75. The van der Waals surface area contributed by atoms with Crippen LogP contribution in [0.15, 0.2) is 24.3 Å². The first-order valence-corrected chi connectivity index (χ1v) is 8.94. The highest BCUT2D eigenvalue weighted by Gasteiger charge is 2.52. The zero-order valence-electron chi connectivity index (χ0n) is 14.9. The molecule has 1 aromatic carbocycles. The number of piperidine rings is 1. The van der Waals surface area contributed by atoms with Crippen molar-refractivity contribution in [1.29, 1.82) is 0 Å². The van der Waals surface area contributed by atoms with Gasteiger partial charge in [-0.25, -0.2) is 0 Å². The third-order valence-corrected chi connectivity index (χ3v) is 5.37. The van der Waals surface area contributed by atoms with E-state index in [1.54, 1.807) is 24.0 Å². The molecule has 0 aliphatic carbocycles. The zero-order chi connectivity index (χ0) is 18.1. The highest BCUT2D eigenvalue weighted by atomic mass is 16.5. The van der Waals surface area contributed by atoms with E-state index in [0.29, 0.717) is 56.9 Å². The van der Waals surface area contributed by atoms with Gasteiger partial charge in [0.2, 0.25) is 0 Å². The number of nitrogens with zero attached hydrogens (tertiary/aromatic N) is 1. The Kier molecular flexibility index (Phi) is 5.04. The van der Waals surface area contributed by atoms with Gasteiger partial charge in [-0.3, -0.25) is 4.79 Å². The van der Waals surface area contributed by atoms with Crippen molar-refractivity contribution in [3.8, 4) is 5.75 Å². The van der Waals surface area contributed by atoms with Crippen LogP contribution in [0.25, 0.3) is 0 Å². The van der Waals surface area contributed by atoms with E-state index in [2.05, 4.69) is 0 Å². The largest absolute Gasteiger partial charge is 0.494 e. The Morgan fingerprint density at radius 2 is 2.08 bits per heavy atom. The van der Waals surface area contributed by atoms with Gasteiger partial charge >= 0.3 is 0 Å². The fourth-order valence-electron chi connectivity index (χ4n) is 3.82. The van der Waals surface area contributed by atoms with Gasteiger partial charge in [0.25, 0.3) is 5.91 Å². The molecule has 2 aliphatic heterocycles. The average Bonchev–Trinajstić information content (AvgIpc) is 2.60. The Labute approximate surface area is 148 Å². The predicted molar refractivity (Wildman–Crippen MR) is 92.7 cm³/mol. The molecule has 2 heterocycles. The van der Waals surface area contributed by atoms with Crippen molar-refractivity contribution >= 4 is 5.91 Å². The quantitative estimate of drug-likeness (QED) is 0.866. The number of aliphatic hydroxyl groups is 2. The molecule has 138 valence electrons. The van der Waals surface area contributed by atoms with Gasteiger partial charge in [-0.15, -0.1) is 0 Å². The number of benzene rings is 1. The fraction of sp³-hybridized carbons (Fsp3) is 0.632. The summed E-state index contributed by atoms with van der Waals surface area (Å²) in [7, 11) is 0. The number of hydrogen-bond donors (Lipinski definition) is 2. The maximum absolute atomic E-state index is 12.8. The van der Waals surface area contributed by atoms with Crippen molar-refractivity contribution in [2.45, 2.75) is 50.4 Å². The van der Waals surface area contributed by atoms with Crippen LogP contribution in [0, 0.1) is 0 Å². The van der Waals surface area contributed by atoms with E-state index in [4.69, 9.17) is 9.47 Å². The second-order valence-corrected chi connectivity index (χ2v) is 7.18. The molecule has 2 atom stereocenters. The molecule has 0 bridgehead atoms. The minimum absolute atomic E-state index is 0.0477. The van der Waals surface area contributed by atoms with Crippen LogP contribution in [0.3, 0.4) is 0 Å². The summed E-state index contributed by atoms with van der Waals surface area (Å²) in [5.74, 6) is 0.636. The van der Waals surface area contributed by atoms with Crippen LogP contribution in [0.2, 0.25) is 0 Å². The molecule has 2 fully saturated rings. The van der Waals surface area contributed by atoms with Crippen molar-refractivity contribution in [2.75, 3.05) is 26.3 Å².